The molecule has 32 heavy (non-hydrogen) atoms. The van der Waals surface area contributed by atoms with E-state index in [4.69, 9.17) is 4.74 Å². The summed E-state index contributed by atoms with van der Waals surface area (Å²) in [6.07, 6.45) is 2.00. The Bertz CT molecular complexity index is 1070. The summed E-state index contributed by atoms with van der Waals surface area (Å²) in [6.45, 7) is 4.90. The Morgan fingerprint density at radius 3 is 2.44 bits per heavy atom. The smallest absolute Gasteiger partial charge is 0.323 e. The maximum atomic E-state index is 12.3. The zero-order chi connectivity index (χ0) is 22.3. The predicted octanol–water partition coefficient (Wildman–Crippen LogP) is 4.73. The first-order valence-corrected chi connectivity index (χ1v) is 11.6. The van der Waals surface area contributed by atoms with Crippen molar-refractivity contribution in [3.05, 3.63) is 60.3 Å². The molecule has 3 aromatic rings. The van der Waals surface area contributed by atoms with Gasteiger partial charge in [0.25, 0.3) is 0 Å². The Balaban J connectivity index is 1.37. The monoisotopic (exact) mass is 450 g/mol. The van der Waals surface area contributed by atoms with Crippen LogP contribution in [0.4, 0.5) is 33.6 Å². The molecule has 4 rings (SSSR count). The average Bonchev–Trinajstić information content (AvgIpc) is 2.80. The average molecular weight is 451 g/mol. The number of hydrogen-bond acceptors (Lipinski definition) is 7. The van der Waals surface area contributed by atoms with Crippen molar-refractivity contribution >= 4 is 46.6 Å². The molecular weight excluding hydrogens is 424 g/mol. The van der Waals surface area contributed by atoms with Crippen molar-refractivity contribution in [1.29, 1.82) is 0 Å². The Labute approximate surface area is 191 Å². The molecule has 8 nitrogen and oxygen atoms in total. The van der Waals surface area contributed by atoms with Gasteiger partial charge in [0, 0.05) is 46.8 Å². The van der Waals surface area contributed by atoms with Crippen LogP contribution in [0.2, 0.25) is 0 Å². The summed E-state index contributed by atoms with van der Waals surface area (Å²) in [5.41, 5.74) is 3.21. The standard InChI is InChI=1S/C23H26N6O2S/c1-16-14-21(28-22(24-16)29-10-12-31-13-11-29)25-17-6-8-18(9-7-17)26-23(30)27-19-4-3-5-20(15-19)32-2/h3-9,14-15H,10-13H2,1-2H3,(H,24,25,28)(H2,26,27,30). The number of nitrogens with zero attached hydrogens (tertiary/aromatic N) is 3. The Morgan fingerprint density at radius 2 is 1.69 bits per heavy atom. The number of anilines is 5. The highest BCUT2D eigenvalue weighted by Gasteiger charge is 2.15. The van der Waals surface area contributed by atoms with Crippen LogP contribution in [0.25, 0.3) is 0 Å². The van der Waals surface area contributed by atoms with Crippen LogP contribution < -0.4 is 20.9 Å². The second-order valence-electron chi connectivity index (χ2n) is 7.31. The van der Waals surface area contributed by atoms with Crippen LogP contribution in [-0.4, -0.2) is 48.6 Å². The molecule has 0 aliphatic carbocycles. The van der Waals surface area contributed by atoms with E-state index in [0.29, 0.717) is 24.8 Å². The van der Waals surface area contributed by atoms with Crippen molar-refractivity contribution in [2.24, 2.45) is 0 Å². The lowest BCUT2D eigenvalue weighted by Gasteiger charge is -2.27. The first-order valence-electron chi connectivity index (χ1n) is 10.4. The molecule has 0 radical (unpaired) electrons. The van der Waals surface area contributed by atoms with Crippen LogP contribution in [0.15, 0.2) is 59.5 Å². The van der Waals surface area contributed by atoms with Gasteiger partial charge in [-0.05, 0) is 55.6 Å². The van der Waals surface area contributed by atoms with Crippen molar-refractivity contribution in [2.45, 2.75) is 11.8 Å². The van der Waals surface area contributed by atoms with Crippen LogP contribution in [0.5, 0.6) is 0 Å². The van der Waals surface area contributed by atoms with Gasteiger partial charge in [-0.3, -0.25) is 0 Å². The Hall–Kier alpha value is -3.30. The van der Waals surface area contributed by atoms with Gasteiger partial charge in [-0.25, -0.2) is 9.78 Å². The van der Waals surface area contributed by atoms with E-state index in [9.17, 15) is 4.79 Å². The molecule has 0 unspecified atom stereocenters. The van der Waals surface area contributed by atoms with E-state index in [1.54, 1.807) is 11.8 Å². The van der Waals surface area contributed by atoms with Crippen LogP contribution in [-0.2, 0) is 4.74 Å². The fraction of sp³-hybridized carbons (Fsp3) is 0.261. The number of amides is 2. The van der Waals surface area contributed by atoms with Gasteiger partial charge in [-0.2, -0.15) is 4.98 Å². The lowest BCUT2D eigenvalue weighted by Crippen LogP contribution is -2.37. The molecule has 1 fully saturated rings. The highest BCUT2D eigenvalue weighted by molar-refractivity contribution is 7.98. The Kier molecular flexibility index (Phi) is 7.08. The summed E-state index contributed by atoms with van der Waals surface area (Å²) in [5.74, 6) is 1.43. The van der Waals surface area contributed by atoms with Gasteiger partial charge in [-0.15, -0.1) is 11.8 Å². The zero-order valence-corrected chi connectivity index (χ0v) is 18.9. The highest BCUT2D eigenvalue weighted by atomic mass is 32.2. The van der Waals surface area contributed by atoms with E-state index in [2.05, 4.69) is 30.8 Å². The third-order valence-electron chi connectivity index (χ3n) is 4.88. The molecule has 9 heteroatoms. The van der Waals surface area contributed by atoms with Crippen molar-refractivity contribution in [1.82, 2.24) is 9.97 Å². The number of hydrogen-bond donors (Lipinski definition) is 3. The van der Waals surface area contributed by atoms with Crippen LogP contribution >= 0.6 is 11.8 Å². The van der Waals surface area contributed by atoms with Gasteiger partial charge < -0.3 is 25.6 Å². The molecule has 1 aliphatic heterocycles. The number of urea groups is 1. The summed E-state index contributed by atoms with van der Waals surface area (Å²) < 4.78 is 5.41. The molecule has 2 aromatic carbocycles. The first kappa shape index (κ1) is 21.9. The van der Waals surface area contributed by atoms with Gasteiger partial charge in [0.05, 0.1) is 13.2 Å². The van der Waals surface area contributed by atoms with E-state index < -0.39 is 0 Å². The summed E-state index contributed by atoms with van der Waals surface area (Å²) >= 11 is 1.63. The minimum absolute atomic E-state index is 0.287. The van der Waals surface area contributed by atoms with Crippen LogP contribution in [0, 0.1) is 6.92 Å². The number of aryl methyl sites for hydroxylation is 1. The number of morpholine rings is 1. The molecule has 2 amide bonds. The molecule has 0 atom stereocenters. The van der Waals surface area contributed by atoms with Crippen LogP contribution in [0.3, 0.4) is 0 Å². The third kappa shape index (κ3) is 5.89. The minimum atomic E-state index is -0.287. The number of carbonyl (C=O) groups is 1. The molecule has 2 heterocycles. The van der Waals surface area contributed by atoms with Crippen molar-refractivity contribution in [3.8, 4) is 0 Å². The number of thioether (sulfide) groups is 1. The molecule has 0 spiro atoms. The molecule has 1 aliphatic rings. The fourth-order valence-corrected chi connectivity index (χ4v) is 3.76. The highest BCUT2D eigenvalue weighted by Crippen LogP contribution is 2.22. The first-order chi connectivity index (χ1) is 15.6. The van der Waals surface area contributed by atoms with Gasteiger partial charge in [-0.1, -0.05) is 6.07 Å². The van der Waals surface area contributed by atoms with E-state index in [1.165, 1.54) is 0 Å². The maximum absolute atomic E-state index is 12.3. The molecule has 0 bridgehead atoms. The largest absolute Gasteiger partial charge is 0.378 e. The lowest BCUT2D eigenvalue weighted by atomic mass is 10.2. The molecule has 166 valence electrons. The zero-order valence-electron chi connectivity index (χ0n) is 18.1. The number of ether oxygens (including phenoxy) is 1. The van der Waals surface area contributed by atoms with Gasteiger partial charge in [0.15, 0.2) is 0 Å². The van der Waals surface area contributed by atoms with Crippen molar-refractivity contribution in [3.63, 3.8) is 0 Å². The van der Waals surface area contributed by atoms with Gasteiger partial charge in [0.2, 0.25) is 5.95 Å². The lowest BCUT2D eigenvalue weighted by molar-refractivity contribution is 0.122. The Morgan fingerprint density at radius 1 is 0.969 bits per heavy atom. The maximum Gasteiger partial charge on any atom is 0.323 e. The minimum Gasteiger partial charge on any atom is -0.378 e. The molecule has 1 saturated heterocycles. The number of benzene rings is 2. The van der Waals surface area contributed by atoms with E-state index >= 15 is 0 Å². The topological polar surface area (TPSA) is 91.4 Å². The quantitative estimate of drug-likeness (QED) is 0.468. The van der Waals surface area contributed by atoms with Crippen LogP contribution in [0.1, 0.15) is 5.69 Å². The second kappa shape index (κ2) is 10.3. The normalized spacial score (nSPS) is 13.5. The summed E-state index contributed by atoms with van der Waals surface area (Å²) in [5, 5.41) is 9.02. The number of nitrogens with one attached hydrogen (secondary N) is 3. The van der Waals surface area contributed by atoms with Gasteiger partial charge >= 0.3 is 6.03 Å². The summed E-state index contributed by atoms with van der Waals surface area (Å²) in [4.78, 5) is 24.7. The second-order valence-corrected chi connectivity index (χ2v) is 8.19. The van der Waals surface area contributed by atoms with E-state index in [-0.39, 0.29) is 6.03 Å². The predicted molar refractivity (Wildman–Crippen MR) is 130 cm³/mol. The summed E-state index contributed by atoms with van der Waals surface area (Å²) in [7, 11) is 0. The molecule has 3 N–H and O–H groups in total. The SMILES string of the molecule is CSc1cccc(NC(=O)Nc2ccc(Nc3cc(C)nc(N4CCOCC4)n3)cc2)c1. The number of rotatable bonds is 6. The molecular formula is C23H26N6O2S. The third-order valence-corrected chi connectivity index (χ3v) is 5.60. The van der Waals surface area contributed by atoms with Crippen molar-refractivity contribution < 1.29 is 9.53 Å². The number of aromatic nitrogens is 2. The van der Waals surface area contributed by atoms with Gasteiger partial charge in [0.1, 0.15) is 5.82 Å². The van der Waals surface area contributed by atoms with E-state index in [0.717, 1.165) is 40.9 Å². The summed E-state index contributed by atoms with van der Waals surface area (Å²) in [6, 6.07) is 16.8. The van der Waals surface area contributed by atoms with E-state index in [1.807, 2.05) is 67.8 Å². The molecule has 0 saturated carbocycles. The molecule has 1 aromatic heterocycles. The fourth-order valence-electron chi connectivity index (χ4n) is 3.30. The number of carbonyl (C=O) groups excluding carboxylic acids is 1. The van der Waals surface area contributed by atoms with Crippen molar-refractivity contribution in [2.75, 3.05) is 53.4 Å².